The number of pyridine rings is 1. The van der Waals surface area contributed by atoms with Gasteiger partial charge in [0.05, 0.1) is 17.2 Å². The van der Waals surface area contributed by atoms with Crippen LogP contribution in [0.5, 0.6) is 0 Å². The van der Waals surface area contributed by atoms with Crippen molar-refractivity contribution in [3.63, 3.8) is 0 Å². The van der Waals surface area contributed by atoms with Crippen LogP contribution >= 0.6 is 12.2 Å². The van der Waals surface area contributed by atoms with Gasteiger partial charge in [0, 0.05) is 37.9 Å². The molecule has 1 aliphatic heterocycles. The third-order valence-electron chi connectivity index (χ3n) is 5.71. The fourth-order valence-corrected chi connectivity index (χ4v) is 4.32. The summed E-state index contributed by atoms with van der Waals surface area (Å²) < 4.78 is 7.96. The molecule has 3 heterocycles. The fraction of sp³-hybridized carbons (Fsp3) is 0.292. The molecule has 4 aromatic rings. The summed E-state index contributed by atoms with van der Waals surface area (Å²) in [6.07, 6.45) is 6.05. The highest BCUT2D eigenvalue weighted by Gasteiger charge is 2.19. The lowest BCUT2D eigenvalue weighted by atomic mass is 9.96. The Bertz CT molecular complexity index is 1300. The van der Waals surface area contributed by atoms with Crippen LogP contribution in [0, 0.1) is 4.64 Å². The number of rotatable bonds is 3. The van der Waals surface area contributed by atoms with Crippen molar-refractivity contribution in [3.8, 4) is 0 Å². The van der Waals surface area contributed by atoms with Gasteiger partial charge in [-0.05, 0) is 47.9 Å². The van der Waals surface area contributed by atoms with E-state index in [1.807, 2.05) is 42.6 Å². The van der Waals surface area contributed by atoms with Gasteiger partial charge in [-0.3, -0.25) is 9.36 Å². The number of H-pyrrole nitrogens is 1. The van der Waals surface area contributed by atoms with Crippen LogP contribution in [0.3, 0.4) is 0 Å². The Morgan fingerprint density at radius 2 is 1.87 bits per heavy atom. The van der Waals surface area contributed by atoms with E-state index < -0.39 is 0 Å². The van der Waals surface area contributed by atoms with Crippen LogP contribution in [0.1, 0.15) is 30.0 Å². The van der Waals surface area contributed by atoms with Gasteiger partial charge in [0.15, 0.2) is 0 Å². The number of ether oxygens (including phenoxy) is 1. The number of nitrogens with zero attached hydrogens (tertiary/aromatic N) is 2. The van der Waals surface area contributed by atoms with Crippen molar-refractivity contribution in [3.05, 3.63) is 81.1 Å². The molecule has 2 aromatic heterocycles. The molecule has 0 saturated carbocycles. The van der Waals surface area contributed by atoms with Gasteiger partial charge in [-0.2, -0.15) is 0 Å². The molecule has 0 unspecified atom stereocenters. The van der Waals surface area contributed by atoms with Crippen LogP contribution in [0.25, 0.3) is 21.7 Å². The zero-order valence-electron chi connectivity index (χ0n) is 17.4. The van der Waals surface area contributed by atoms with Crippen molar-refractivity contribution < 1.29 is 9.84 Å². The van der Waals surface area contributed by atoms with E-state index in [0.717, 1.165) is 47.4 Å². The molecule has 1 aliphatic rings. The lowest BCUT2D eigenvalue weighted by Gasteiger charge is -2.24. The summed E-state index contributed by atoms with van der Waals surface area (Å²) in [6.45, 7) is 1.38. The number of hydrogen-bond acceptors (Lipinski definition) is 5. The van der Waals surface area contributed by atoms with Crippen LogP contribution in [0.2, 0.25) is 0 Å². The summed E-state index contributed by atoms with van der Waals surface area (Å²) >= 11 is 5.15. The molecule has 1 fully saturated rings. The molecule has 6 nitrogen and oxygen atoms in total. The Morgan fingerprint density at radius 3 is 2.58 bits per heavy atom. The lowest BCUT2D eigenvalue weighted by Crippen LogP contribution is -2.29. The number of nitrogens with one attached hydrogen (secondary N) is 1. The number of benzene rings is 2. The van der Waals surface area contributed by atoms with Crippen LogP contribution in [0.4, 0.5) is 0 Å². The van der Waals surface area contributed by atoms with Gasteiger partial charge in [0.2, 0.25) is 0 Å². The molecular formula is C24H25N3O3S. The topological polar surface area (TPSA) is 80.1 Å². The Labute approximate surface area is 185 Å². The van der Waals surface area contributed by atoms with Gasteiger partial charge in [0.25, 0.3) is 5.56 Å². The molecule has 1 saturated heterocycles. The minimum absolute atomic E-state index is 0.0290. The average molecular weight is 436 g/mol. The highest BCUT2D eigenvalue weighted by Crippen LogP contribution is 2.28. The molecule has 7 heteroatoms. The molecule has 31 heavy (non-hydrogen) atoms. The van der Waals surface area contributed by atoms with E-state index in [4.69, 9.17) is 27.0 Å². The second-order valence-corrected chi connectivity index (χ2v) is 7.96. The van der Waals surface area contributed by atoms with Gasteiger partial charge < -0.3 is 14.8 Å². The maximum absolute atomic E-state index is 13.4. The third kappa shape index (κ3) is 4.30. The van der Waals surface area contributed by atoms with Gasteiger partial charge in [-0.15, -0.1) is 0 Å². The maximum atomic E-state index is 13.4. The summed E-state index contributed by atoms with van der Waals surface area (Å²) in [7, 11) is 1.00. The molecule has 2 aromatic carbocycles. The van der Waals surface area contributed by atoms with E-state index in [1.165, 1.54) is 0 Å². The minimum atomic E-state index is 0.0290. The summed E-state index contributed by atoms with van der Waals surface area (Å²) in [5, 5.41) is 9.81. The van der Waals surface area contributed by atoms with Gasteiger partial charge >= 0.3 is 0 Å². The average Bonchev–Trinajstić information content (AvgIpc) is 2.83. The molecule has 0 spiro atoms. The first kappa shape index (κ1) is 21.4. The normalized spacial score (nSPS) is 14.4. The van der Waals surface area contributed by atoms with Crippen LogP contribution in [-0.4, -0.2) is 40.0 Å². The second-order valence-electron chi connectivity index (χ2n) is 7.52. The van der Waals surface area contributed by atoms with E-state index in [0.29, 0.717) is 29.7 Å². The van der Waals surface area contributed by atoms with Gasteiger partial charge in [0.1, 0.15) is 4.64 Å². The number of hydrogen-bond donors (Lipinski definition) is 2. The van der Waals surface area contributed by atoms with Gasteiger partial charge in [-0.25, -0.2) is 4.98 Å². The molecule has 0 radical (unpaired) electrons. The number of aromatic nitrogens is 3. The highest BCUT2D eigenvalue weighted by molar-refractivity contribution is 7.71. The Morgan fingerprint density at radius 1 is 1.13 bits per heavy atom. The van der Waals surface area contributed by atoms with Crippen LogP contribution < -0.4 is 5.56 Å². The van der Waals surface area contributed by atoms with Gasteiger partial charge in [-0.1, -0.05) is 42.5 Å². The van der Waals surface area contributed by atoms with Crippen LogP contribution in [0.15, 0.2) is 59.8 Å². The Kier molecular flexibility index (Phi) is 6.56. The molecular weight excluding hydrogens is 410 g/mol. The first-order valence-corrected chi connectivity index (χ1v) is 10.7. The molecule has 0 aliphatic carbocycles. The standard InChI is InChI=1S/C23H21N3O2S.CH4O/c27-23-20-12-16(11-15-5-6-21(29)24-13-15)18-3-1-2-4-19(18)22(20)25-14-26(23)17-7-9-28-10-8-17;1-2/h1-6,12-14,17H,7-11H2,(H,24,29);2H,1H3. The Hall–Kier alpha value is -2.87. The molecule has 160 valence electrons. The smallest absolute Gasteiger partial charge is 0.261 e. The summed E-state index contributed by atoms with van der Waals surface area (Å²) in [6, 6.07) is 14.3. The summed E-state index contributed by atoms with van der Waals surface area (Å²) in [4.78, 5) is 21.2. The molecule has 2 N–H and O–H groups in total. The molecule has 0 amide bonds. The van der Waals surface area contributed by atoms with Crippen LogP contribution in [-0.2, 0) is 11.2 Å². The predicted octanol–water partition coefficient (Wildman–Crippen LogP) is 4.16. The number of aliphatic hydroxyl groups is 1. The van der Waals surface area contributed by atoms with Crippen molar-refractivity contribution in [1.29, 1.82) is 0 Å². The zero-order valence-corrected chi connectivity index (χ0v) is 18.2. The third-order valence-corrected chi connectivity index (χ3v) is 5.96. The summed E-state index contributed by atoms with van der Waals surface area (Å²) in [5.41, 5.74) is 3.03. The Balaban J connectivity index is 0.00000112. The zero-order chi connectivity index (χ0) is 21.8. The quantitative estimate of drug-likeness (QED) is 0.373. The van der Waals surface area contributed by atoms with Crippen molar-refractivity contribution in [2.45, 2.75) is 25.3 Å². The first-order valence-electron chi connectivity index (χ1n) is 10.3. The van der Waals surface area contributed by atoms with Crippen molar-refractivity contribution in [1.82, 2.24) is 14.5 Å². The van der Waals surface area contributed by atoms with E-state index in [-0.39, 0.29) is 11.6 Å². The lowest BCUT2D eigenvalue weighted by molar-refractivity contribution is 0.0685. The van der Waals surface area contributed by atoms with E-state index in [9.17, 15) is 4.79 Å². The minimum Gasteiger partial charge on any atom is -0.400 e. The summed E-state index contributed by atoms with van der Waals surface area (Å²) in [5.74, 6) is 0. The molecule has 0 bridgehead atoms. The van der Waals surface area contributed by atoms with Crippen molar-refractivity contribution >= 4 is 33.9 Å². The largest absolute Gasteiger partial charge is 0.400 e. The monoisotopic (exact) mass is 435 g/mol. The molecule has 5 rings (SSSR count). The second kappa shape index (κ2) is 9.51. The van der Waals surface area contributed by atoms with E-state index >= 15 is 0 Å². The first-order chi connectivity index (χ1) is 15.2. The number of aliphatic hydroxyl groups excluding tert-OH is 1. The predicted molar refractivity (Wildman–Crippen MR) is 125 cm³/mol. The number of aromatic amines is 1. The van der Waals surface area contributed by atoms with E-state index in [1.54, 1.807) is 10.9 Å². The SMILES string of the molecule is CO.O=c1c2cc(Cc3ccc(=S)[nH]c3)c3ccccc3c2ncn1C1CCOCC1. The van der Waals surface area contributed by atoms with Crippen molar-refractivity contribution in [2.24, 2.45) is 0 Å². The van der Waals surface area contributed by atoms with E-state index in [2.05, 4.69) is 11.1 Å². The van der Waals surface area contributed by atoms with Crippen molar-refractivity contribution in [2.75, 3.05) is 20.3 Å². The molecule has 0 atom stereocenters. The fourth-order valence-electron chi connectivity index (χ4n) is 4.19. The maximum Gasteiger partial charge on any atom is 0.261 e. The number of fused-ring (bicyclic) bond motifs is 3. The highest BCUT2D eigenvalue weighted by atomic mass is 32.1.